The Morgan fingerprint density at radius 2 is 2.22 bits per heavy atom. The van der Waals surface area contributed by atoms with Crippen molar-refractivity contribution in [2.24, 2.45) is 5.41 Å². The molecule has 3 rings (SSSR count). The monoisotopic (exact) mass is 321 g/mol. The maximum atomic E-state index is 13.9. The maximum absolute atomic E-state index is 13.9. The van der Waals surface area contributed by atoms with E-state index in [1.54, 1.807) is 12.1 Å². The molecule has 0 aromatic heterocycles. The summed E-state index contributed by atoms with van der Waals surface area (Å²) in [6.45, 7) is 5.54. The summed E-state index contributed by atoms with van der Waals surface area (Å²) in [7, 11) is 0. The van der Waals surface area contributed by atoms with Gasteiger partial charge in [-0.2, -0.15) is 0 Å². The molecule has 2 aliphatic rings. The second kappa shape index (κ2) is 6.74. The molecule has 6 heteroatoms. The van der Waals surface area contributed by atoms with Gasteiger partial charge >= 0.3 is 6.03 Å². The molecule has 2 heterocycles. The summed E-state index contributed by atoms with van der Waals surface area (Å²) in [5.41, 5.74) is 0.668. The van der Waals surface area contributed by atoms with E-state index in [9.17, 15) is 9.18 Å². The lowest BCUT2D eigenvalue weighted by molar-refractivity contribution is -0.0975. The van der Waals surface area contributed by atoms with Gasteiger partial charge in [0, 0.05) is 31.1 Å². The second-order valence-electron chi connectivity index (χ2n) is 6.87. The zero-order valence-electron chi connectivity index (χ0n) is 13.5. The highest BCUT2D eigenvalue weighted by Gasteiger charge is 2.33. The number of nitrogens with one attached hydrogen (secondary N) is 2. The largest absolute Gasteiger partial charge is 0.380 e. The Morgan fingerprint density at radius 1 is 1.43 bits per heavy atom. The van der Waals surface area contributed by atoms with Gasteiger partial charge in [-0.1, -0.05) is 19.1 Å². The van der Waals surface area contributed by atoms with Crippen molar-refractivity contribution in [3.8, 4) is 0 Å². The fourth-order valence-electron chi connectivity index (χ4n) is 3.10. The van der Waals surface area contributed by atoms with Crippen molar-refractivity contribution in [2.45, 2.75) is 25.8 Å². The van der Waals surface area contributed by atoms with Crippen LogP contribution < -0.4 is 15.5 Å². The first-order valence-electron chi connectivity index (χ1n) is 8.17. The van der Waals surface area contributed by atoms with Crippen molar-refractivity contribution in [3.05, 3.63) is 30.1 Å². The van der Waals surface area contributed by atoms with Crippen LogP contribution in [0.15, 0.2) is 24.3 Å². The fraction of sp³-hybridized carbons (Fsp3) is 0.588. The predicted octanol–water partition coefficient (Wildman–Crippen LogP) is 2.13. The number of hydrogen-bond donors (Lipinski definition) is 2. The van der Waals surface area contributed by atoms with Crippen LogP contribution in [0.4, 0.5) is 14.9 Å². The number of carbonyl (C=O) groups excluding carboxylic acids is 1. The lowest BCUT2D eigenvalue weighted by Gasteiger charge is -2.38. The minimum absolute atomic E-state index is 0.0359. The van der Waals surface area contributed by atoms with Crippen molar-refractivity contribution in [1.82, 2.24) is 10.6 Å². The summed E-state index contributed by atoms with van der Waals surface area (Å²) in [4.78, 5) is 14.1. The van der Waals surface area contributed by atoms with Gasteiger partial charge in [0.1, 0.15) is 5.82 Å². The van der Waals surface area contributed by atoms with Gasteiger partial charge in [-0.3, -0.25) is 0 Å². The van der Waals surface area contributed by atoms with E-state index in [-0.39, 0.29) is 23.3 Å². The van der Waals surface area contributed by atoms with Crippen LogP contribution in [-0.4, -0.2) is 44.9 Å². The number of ether oxygens (including phenoxy) is 1. The first-order chi connectivity index (χ1) is 11.1. The molecule has 0 spiro atoms. The van der Waals surface area contributed by atoms with E-state index in [2.05, 4.69) is 17.6 Å². The van der Waals surface area contributed by atoms with E-state index >= 15 is 0 Å². The Bertz CT molecular complexity index is 563. The van der Waals surface area contributed by atoms with Gasteiger partial charge in [-0.25, -0.2) is 9.18 Å². The van der Waals surface area contributed by atoms with Gasteiger partial charge in [0.05, 0.1) is 18.9 Å². The zero-order chi connectivity index (χ0) is 16.3. The Labute approximate surface area is 136 Å². The molecule has 2 fully saturated rings. The van der Waals surface area contributed by atoms with Gasteiger partial charge < -0.3 is 20.3 Å². The number of carbonyl (C=O) groups is 1. The maximum Gasteiger partial charge on any atom is 0.315 e. The van der Waals surface area contributed by atoms with E-state index in [0.717, 1.165) is 19.4 Å². The molecular weight excluding hydrogens is 297 g/mol. The number of urea groups is 1. The van der Waals surface area contributed by atoms with Crippen LogP contribution in [0.3, 0.4) is 0 Å². The normalized spacial score (nSPS) is 23.0. The van der Waals surface area contributed by atoms with Crippen LogP contribution in [0.2, 0.25) is 0 Å². The average molecular weight is 321 g/mol. The Balaban J connectivity index is 1.50. The van der Waals surface area contributed by atoms with E-state index in [0.29, 0.717) is 32.0 Å². The minimum Gasteiger partial charge on any atom is -0.380 e. The van der Waals surface area contributed by atoms with Crippen LogP contribution in [0.25, 0.3) is 0 Å². The number of hydrogen-bond acceptors (Lipinski definition) is 3. The highest BCUT2D eigenvalue weighted by Crippen LogP contribution is 2.25. The molecule has 5 nitrogen and oxygen atoms in total. The quantitative estimate of drug-likeness (QED) is 0.893. The molecule has 1 aromatic rings. The molecular formula is C17H24FN3O2. The third-order valence-electron chi connectivity index (χ3n) is 4.53. The van der Waals surface area contributed by atoms with E-state index in [4.69, 9.17) is 4.74 Å². The molecule has 0 aliphatic carbocycles. The van der Waals surface area contributed by atoms with Crippen LogP contribution in [0.5, 0.6) is 0 Å². The number of amides is 2. The molecule has 2 amide bonds. The van der Waals surface area contributed by atoms with Gasteiger partial charge in [-0.05, 0) is 25.0 Å². The lowest BCUT2D eigenvalue weighted by Crippen LogP contribution is -2.54. The molecule has 1 aromatic carbocycles. The summed E-state index contributed by atoms with van der Waals surface area (Å²) in [5.74, 6) is -0.212. The predicted molar refractivity (Wildman–Crippen MR) is 87.1 cm³/mol. The van der Waals surface area contributed by atoms with E-state index < -0.39 is 0 Å². The molecule has 2 aliphatic heterocycles. The molecule has 0 saturated carbocycles. The van der Waals surface area contributed by atoms with E-state index in [1.807, 2.05) is 11.0 Å². The highest BCUT2D eigenvalue weighted by molar-refractivity contribution is 5.74. The molecule has 1 atom stereocenters. The number of benzene rings is 1. The van der Waals surface area contributed by atoms with Crippen molar-refractivity contribution in [1.29, 1.82) is 0 Å². The van der Waals surface area contributed by atoms with Crippen LogP contribution in [0.1, 0.15) is 19.8 Å². The zero-order valence-corrected chi connectivity index (χ0v) is 13.5. The summed E-state index contributed by atoms with van der Waals surface area (Å²) in [6, 6.07) is 6.67. The SMILES string of the molecule is CC1(CNC(=O)NC2CCCN(c3ccccc3F)C2)COC1. The number of anilines is 1. The van der Waals surface area contributed by atoms with Crippen molar-refractivity contribution in [3.63, 3.8) is 0 Å². The minimum atomic E-state index is -0.212. The van der Waals surface area contributed by atoms with E-state index in [1.165, 1.54) is 6.07 Å². The molecule has 1 unspecified atom stereocenters. The van der Waals surface area contributed by atoms with Gasteiger partial charge in [0.25, 0.3) is 0 Å². The van der Waals surface area contributed by atoms with Gasteiger partial charge in [-0.15, -0.1) is 0 Å². The number of para-hydroxylation sites is 1. The number of piperidine rings is 1. The molecule has 2 N–H and O–H groups in total. The summed E-state index contributed by atoms with van der Waals surface area (Å²) < 4.78 is 19.1. The van der Waals surface area contributed by atoms with Gasteiger partial charge in [0.15, 0.2) is 0 Å². The second-order valence-corrected chi connectivity index (χ2v) is 6.87. The third-order valence-corrected chi connectivity index (χ3v) is 4.53. The lowest BCUT2D eigenvalue weighted by atomic mass is 9.89. The van der Waals surface area contributed by atoms with Crippen molar-refractivity contribution < 1.29 is 13.9 Å². The first kappa shape index (κ1) is 16.1. The Morgan fingerprint density at radius 3 is 2.91 bits per heavy atom. The fourth-order valence-corrected chi connectivity index (χ4v) is 3.10. The van der Waals surface area contributed by atoms with Crippen LogP contribution >= 0.6 is 0 Å². The molecule has 0 bridgehead atoms. The summed E-state index contributed by atoms with van der Waals surface area (Å²) in [6.07, 6.45) is 1.85. The summed E-state index contributed by atoms with van der Waals surface area (Å²) in [5, 5.41) is 5.92. The molecule has 126 valence electrons. The van der Waals surface area contributed by atoms with Crippen molar-refractivity contribution >= 4 is 11.7 Å². The van der Waals surface area contributed by atoms with Crippen molar-refractivity contribution in [2.75, 3.05) is 37.7 Å². The average Bonchev–Trinajstić information content (AvgIpc) is 2.52. The molecule has 2 saturated heterocycles. The highest BCUT2D eigenvalue weighted by atomic mass is 19.1. The summed E-state index contributed by atoms with van der Waals surface area (Å²) >= 11 is 0. The number of nitrogens with zero attached hydrogens (tertiary/aromatic N) is 1. The van der Waals surface area contributed by atoms with Gasteiger partial charge in [0.2, 0.25) is 0 Å². The van der Waals surface area contributed by atoms with Crippen LogP contribution in [0, 0.1) is 11.2 Å². The molecule has 0 radical (unpaired) electrons. The third kappa shape index (κ3) is 3.93. The standard InChI is InChI=1S/C17H24FN3O2/c1-17(11-23-12-17)10-19-16(22)20-13-5-4-8-21(9-13)15-7-3-2-6-14(15)18/h2-3,6-7,13H,4-5,8-12H2,1H3,(H2,19,20,22). The van der Waals surface area contributed by atoms with Crippen LogP contribution in [-0.2, 0) is 4.74 Å². The molecule has 23 heavy (non-hydrogen) atoms. The topological polar surface area (TPSA) is 53.6 Å². The Kier molecular flexibility index (Phi) is 4.71. The number of halogens is 1. The first-order valence-corrected chi connectivity index (χ1v) is 8.17. The smallest absolute Gasteiger partial charge is 0.315 e. The Hall–Kier alpha value is -1.82. The number of rotatable bonds is 4.